The first-order valence-electron chi connectivity index (χ1n) is 4.63. The summed E-state index contributed by atoms with van der Waals surface area (Å²) in [6, 6.07) is 0. The molecule has 0 saturated heterocycles. The molecule has 0 N–H and O–H groups in total. The van der Waals surface area contributed by atoms with E-state index in [0.29, 0.717) is 4.38 Å². The van der Waals surface area contributed by atoms with Crippen LogP contribution < -0.4 is 0 Å². The van der Waals surface area contributed by atoms with Crippen LogP contribution in [0.5, 0.6) is 0 Å². The van der Waals surface area contributed by atoms with E-state index in [1.807, 2.05) is 0 Å². The van der Waals surface area contributed by atoms with Gasteiger partial charge in [-0.15, -0.1) is 0 Å². The van der Waals surface area contributed by atoms with E-state index in [0.717, 1.165) is 13.0 Å². The molecule has 0 aromatic carbocycles. The monoisotopic (exact) mass is 246 g/mol. The Labute approximate surface area is 135 Å². The molecule has 0 bridgehead atoms. The summed E-state index contributed by atoms with van der Waals surface area (Å²) in [6.07, 6.45) is 7.67. The Morgan fingerprint density at radius 2 is 1.69 bits per heavy atom. The summed E-state index contributed by atoms with van der Waals surface area (Å²) in [5, 5.41) is 0. The van der Waals surface area contributed by atoms with Crippen molar-refractivity contribution in [3.05, 3.63) is 0 Å². The van der Waals surface area contributed by atoms with E-state index in [1.54, 1.807) is 0 Å². The van der Waals surface area contributed by atoms with Crippen LogP contribution in [0.15, 0.2) is 0 Å². The Balaban J connectivity index is 0. The fraction of sp³-hybridized carbons (Fsp3) is 0.889. The number of rotatable bonds is 7. The third-order valence-electron chi connectivity index (χ3n) is 1.72. The molecule has 0 heterocycles. The van der Waals surface area contributed by atoms with Gasteiger partial charge in [0, 0.05) is 0 Å². The SMILES string of the molecule is CCCCCCCCOC(=S)S.[KH]. The first kappa shape index (κ1) is 17.3. The van der Waals surface area contributed by atoms with E-state index in [9.17, 15) is 0 Å². The molecule has 0 atom stereocenters. The van der Waals surface area contributed by atoms with E-state index >= 15 is 0 Å². The number of ether oxygens (including phenoxy) is 1. The summed E-state index contributed by atoms with van der Waals surface area (Å²) in [4.78, 5) is 0. The zero-order valence-corrected chi connectivity index (χ0v) is 9.42. The average Bonchev–Trinajstić information content (AvgIpc) is 2.02. The molecule has 1 nitrogen and oxygen atoms in total. The van der Waals surface area contributed by atoms with Gasteiger partial charge in [0.1, 0.15) is 0 Å². The summed E-state index contributed by atoms with van der Waals surface area (Å²) in [6.45, 7) is 2.96. The number of hydrogen-bond donors (Lipinski definition) is 1. The number of thiol groups is 1. The van der Waals surface area contributed by atoms with Crippen LogP contribution in [0.4, 0.5) is 0 Å². The van der Waals surface area contributed by atoms with Crippen LogP contribution in [0.1, 0.15) is 45.4 Å². The summed E-state index contributed by atoms with van der Waals surface area (Å²) in [5.74, 6) is 0. The molecule has 74 valence electrons. The van der Waals surface area contributed by atoms with Crippen LogP contribution in [0.3, 0.4) is 0 Å². The van der Waals surface area contributed by atoms with Gasteiger partial charge in [0.2, 0.25) is 4.38 Å². The summed E-state index contributed by atoms with van der Waals surface area (Å²) in [5.41, 5.74) is 0. The molecule has 0 spiro atoms. The van der Waals surface area contributed by atoms with Crippen molar-refractivity contribution in [2.24, 2.45) is 0 Å². The number of unbranched alkanes of at least 4 members (excludes halogenated alkanes) is 5. The molecule has 0 unspecified atom stereocenters. The first-order valence-corrected chi connectivity index (χ1v) is 5.48. The maximum absolute atomic E-state index is 5.04. The number of hydrogen-bond acceptors (Lipinski definition) is 2. The second kappa shape index (κ2) is 13.9. The number of thiocarbonyl (C=S) groups is 1. The summed E-state index contributed by atoms with van der Waals surface area (Å²) < 4.78 is 5.41. The Morgan fingerprint density at radius 1 is 1.15 bits per heavy atom. The van der Waals surface area contributed by atoms with Crippen LogP contribution in [-0.2, 0) is 4.74 Å². The van der Waals surface area contributed by atoms with Crippen molar-refractivity contribution < 1.29 is 4.74 Å². The molecule has 4 heteroatoms. The van der Waals surface area contributed by atoms with Crippen molar-refractivity contribution in [2.45, 2.75) is 45.4 Å². The summed E-state index contributed by atoms with van der Waals surface area (Å²) in [7, 11) is 0. The quantitative estimate of drug-likeness (QED) is 0.320. The van der Waals surface area contributed by atoms with Gasteiger partial charge in [-0.05, 0) is 18.6 Å². The van der Waals surface area contributed by atoms with E-state index in [2.05, 4.69) is 31.8 Å². The van der Waals surface area contributed by atoms with Gasteiger partial charge in [0.25, 0.3) is 0 Å². The molecule has 0 fully saturated rings. The minimum absolute atomic E-state index is 0. The molecule has 0 rings (SSSR count). The van der Waals surface area contributed by atoms with Crippen molar-refractivity contribution in [2.75, 3.05) is 6.61 Å². The van der Waals surface area contributed by atoms with Crippen LogP contribution in [0.25, 0.3) is 0 Å². The van der Waals surface area contributed by atoms with E-state index < -0.39 is 0 Å². The molecule has 0 aliphatic heterocycles. The molecule has 0 aliphatic carbocycles. The molecular weight excluding hydrogens is 227 g/mol. The van der Waals surface area contributed by atoms with Gasteiger partial charge in [-0.25, -0.2) is 0 Å². The normalized spacial score (nSPS) is 9.08. The molecular formula is C9H19KOS2. The van der Waals surface area contributed by atoms with Crippen molar-refractivity contribution in [3.8, 4) is 0 Å². The zero-order chi connectivity index (χ0) is 9.23. The fourth-order valence-electron chi connectivity index (χ4n) is 1.04. The molecule has 0 aromatic rings. The Bertz CT molecular complexity index is 120. The van der Waals surface area contributed by atoms with Crippen LogP contribution >= 0.6 is 24.8 Å². The molecule has 0 radical (unpaired) electrons. The zero-order valence-electron chi connectivity index (χ0n) is 7.71. The minimum atomic E-state index is 0. The third kappa shape index (κ3) is 16.5. The second-order valence-corrected chi connectivity index (χ2v) is 3.96. The van der Waals surface area contributed by atoms with Gasteiger partial charge >= 0.3 is 51.4 Å². The molecule has 0 amide bonds. The van der Waals surface area contributed by atoms with Crippen LogP contribution in [0, 0.1) is 0 Å². The molecule has 0 aromatic heterocycles. The molecule has 0 saturated carbocycles. The van der Waals surface area contributed by atoms with Crippen molar-refractivity contribution >= 4 is 80.6 Å². The van der Waals surface area contributed by atoms with Gasteiger partial charge in [-0.2, -0.15) is 0 Å². The predicted octanol–water partition coefficient (Wildman–Crippen LogP) is 2.93. The Kier molecular flexibility index (Phi) is 18.4. The summed E-state index contributed by atoms with van der Waals surface area (Å²) >= 11 is 8.52. The Hall–Kier alpha value is 1.88. The van der Waals surface area contributed by atoms with Gasteiger partial charge in [0.05, 0.1) is 6.61 Å². The topological polar surface area (TPSA) is 9.23 Å². The third-order valence-corrected chi connectivity index (χ3v) is 1.97. The second-order valence-electron chi connectivity index (χ2n) is 2.88. The van der Waals surface area contributed by atoms with Gasteiger partial charge in [-0.1, -0.05) is 51.7 Å². The first-order chi connectivity index (χ1) is 5.77. The average molecular weight is 246 g/mol. The van der Waals surface area contributed by atoms with E-state index in [4.69, 9.17) is 4.74 Å². The van der Waals surface area contributed by atoms with Crippen LogP contribution in [0.2, 0.25) is 0 Å². The molecule has 13 heavy (non-hydrogen) atoms. The fourth-order valence-corrected chi connectivity index (χ4v) is 1.22. The predicted molar refractivity (Wildman–Crippen MR) is 68.1 cm³/mol. The molecule has 0 aliphatic rings. The van der Waals surface area contributed by atoms with Crippen LogP contribution in [-0.4, -0.2) is 62.4 Å². The van der Waals surface area contributed by atoms with Gasteiger partial charge in [-0.3, -0.25) is 0 Å². The standard InChI is InChI=1S/C9H18OS2.K.H/c1-2-3-4-5-6-7-8-10-9(11)12;;/h2-8H2,1H3,(H,11,12);;. The van der Waals surface area contributed by atoms with Gasteiger partial charge in [0.15, 0.2) is 0 Å². The van der Waals surface area contributed by atoms with Crippen molar-refractivity contribution in [1.29, 1.82) is 0 Å². The van der Waals surface area contributed by atoms with E-state index in [-0.39, 0.29) is 51.4 Å². The Morgan fingerprint density at radius 3 is 2.23 bits per heavy atom. The van der Waals surface area contributed by atoms with Crippen molar-refractivity contribution in [3.63, 3.8) is 0 Å². The van der Waals surface area contributed by atoms with Gasteiger partial charge < -0.3 is 4.74 Å². The van der Waals surface area contributed by atoms with Crippen molar-refractivity contribution in [1.82, 2.24) is 0 Å². The maximum atomic E-state index is 5.04. The van der Waals surface area contributed by atoms with E-state index in [1.165, 1.54) is 32.1 Å².